The highest BCUT2D eigenvalue weighted by molar-refractivity contribution is 14.0. The number of hydrogen-bond donors (Lipinski definition) is 2. The molecule has 5 heteroatoms. The molecule has 22 heavy (non-hydrogen) atoms. The number of hydrogen-bond acceptors (Lipinski definition) is 2. The van der Waals surface area contributed by atoms with Crippen LogP contribution in [0.3, 0.4) is 0 Å². The molecule has 1 aliphatic carbocycles. The van der Waals surface area contributed by atoms with Crippen LogP contribution >= 0.6 is 24.0 Å². The minimum Gasteiger partial charge on any atom is -0.370 e. The number of rotatable bonds is 4. The molecule has 1 aromatic carbocycles. The van der Waals surface area contributed by atoms with E-state index in [0.29, 0.717) is 11.9 Å². The lowest BCUT2D eigenvalue weighted by Gasteiger charge is -2.12. The van der Waals surface area contributed by atoms with Crippen molar-refractivity contribution in [2.75, 3.05) is 31.5 Å². The highest BCUT2D eigenvalue weighted by atomic mass is 127. The van der Waals surface area contributed by atoms with Crippen molar-refractivity contribution in [3.8, 4) is 0 Å². The summed E-state index contributed by atoms with van der Waals surface area (Å²) in [6, 6.07) is 6.55. The van der Waals surface area contributed by atoms with Gasteiger partial charge in [-0.25, -0.2) is 0 Å². The number of benzene rings is 1. The van der Waals surface area contributed by atoms with Crippen molar-refractivity contribution >= 4 is 35.6 Å². The largest absolute Gasteiger partial charge is 0.370 e. The third-order valence-electron chi connectivity index (χ3n) is 4.71. The Hall–Kier alpha value is -0.820. The van der Waals surface area contributed by atoms with Crippen LogP contribution in [0.5, 0.6) is 0 Å². The Balaban J connectivity index is 0.00000176. The monoisotopic (exact) mass is 414 g/mol. The molecule has 3 N–H and O–H groups in total. The summed E-state index contributed by atoms with van der Waals surface area (Å²) in [5, 5.41) is 3.23. The minimum absolute atomic E-state index is 0. The third kappa shape index (κ3) is 4.35. The van der Waals surface area contributed by atoms with E-state index >= 15 is 0 Å². The minimum atomic E-state index is 0. The average Bonchev–Trinajstić information content (AvgIpc) is 3.13. The predicted molar refractivity (Wildman–Crippen MR) is 104 cm³/mol. The first kappa shape index (κ1) is 17.5. The molecule has 1 unspecified atom stereocenters. The molecule has 0 spiro atoms. The number of aryl methyl sites for hydroxylation is 2. The summed E-state index contributed by atoms with van der Waals surface area (Å²) in [6.07, 6.45) is 4.92. The maximum Gasteiger partial charge on any atom is 0.193 e. The second-order valence-corrected chi connectivity index (χ2v) is 6.24. The van der Waals surface area contributed by atoms with E-state index in [-0.39, 0.29) is 24.0 Å². The van der Waals surface area contributed by atoms with Crippen molar-refractivity contribution in [1.82, 2.24) is 4.90 Å². The quantitative estimate of drug-likeness (QED) is 0.453. The average molecular weight is 414 g/mol. The molecular weight excluding hydrogens is 387 g/mol. The maximum atomic E-state index is 6.02. The van der Waals surface area contributed by atoms with Gasteiger partial charge in [-0.15, -0.1) is 24.0 Å². The number of fused-ring (bicyclic) bond motifs is 1. The molecule has 3 rings (SSSR count). The molecule has 0 bridgehead atoms. The van der Waals surface area contributed by atoms with Crippen LogP contribution in [0, 0.1) is 5.92 Å². The summed E-state index contributed by atoms with van der Waals surface area (Å²) >= 11 is 0. The van der Waals surface area contributed by atoms with Crippen LogP contribution < -0.4 is 11.1 Å². The fraction of sp³-hybridized carbons (Fsp3) is 0.588. The van der Waals surface area contributed by atoms with Crippen molar-refractivity contribution in [3.63, 3.8) is 0 Å². The summed E-state index contributed by atoms with van der Waals surface area (Å²) in [7, 11) is 0. The summed E-state index contributed by atoms with van der Waals surface area (Å²) in [6.45, 7) is 6.56. The summed E-state index contributed by atoms with van der Waals surface area (Å²) in [5.74, 6) is 1.20. The van der Waals surface area contributed by atoms with Crippen LogP contribution in [0.2, 0.25) is 0 Å². The summed E-state index contributed by atoms with van der Waals surface area (Å²) < 4.78 is 0. The van der Waals surface area contributed by atoms with Gasteiger partial charge in [-0.3, -0.25) is 4.99 Å². The second-order valence-electron chi connectivity index (χ2n) is 6.24. The van der Waals surface area contributed by atoms with Crippen molar-refractivity contribution in [2.45, 2.75) is 32.6 Å². The lowest BCUT2D eigenvalue weighted by atomic mass is 10.1. The van der Waals surface area contributed by atoms with Gasteiger partial charge in [0.2, 0.25) is 0 Å². The number of halogens is 1. The van der Waals surface area contributed by atoms with Gasteiger partial charge in [-0.05, 0) is 68.0 Å². The summed E-state index contributed by atoms with van der Waals surface area (Å²) in [4.78, 5) is 7.00. The molecule has 1 atom stereocenters. The van der Waals surface area contributed by atoms with Gasteiger partial charge in [0.05, 0.1) is 0 Å². The van der Waals surface area contributed by atoms with Crippen molar-refractivity contribution in [1.29, 1.82) is 0 Å². The number of anilines is 1. The van der Waals surface area contributed by atoms with Crippen molar-refractivity contribution in [3.05, 3.63) is 29.3 Å². The topological polar surface area (TPSA) is 53.6 Å². The van der Waals surface area contributed by atoms with E-state index in [1.807, 2.05) is 0 Å². The van der Waals surface area contributed by atoms with Crippen LogP contribution in [-0.4, -0.2) is 37.0 Å². The Labute approximate surface area is 150 Å². The van der Waals surface area contributed by atoms with Gasteiger partial charge in [0, 0.05) is 18.8 Å². The van der Waals surface area contributed by atoms with Crippen LogP contribution in [0.4, 0.5) is 5.69 Å². The Morgan fingerprint density at radius 3 is 2.95 bits per heavy atom. The Kier molecular flexibility index (Phi) is 6.50. The van der Waals surface area contributed by atoms with E-state index in [4.69, 9.17) is 5.73 Å². The van der Waals surface area contributed by atoms with Crippen LogP contribution in [0.1, 0.15) is 30.9 Å². The molecule has 4 nitrogen and oxygen atoms in total. The Morgan fingerprint density at radius 2 is 2.18 bits per heavy atom. The molecule has 0 aromatic heterocycles. The van der Waals surface area contributed by atoms with E-state index in [0.717, 1.165) is 25.3 Å². The molecule has 1 fully saturated rings. The number of likely N-dealkylation sites (tertiary alicyclic amines) is 1. The molecular formula is C17H27IN4. The number of nitrogens with one attached hydrogen (secondary N) is 1. The molecule has 0 amide bonds. The fourth-order valence-electron chi connectivity index (χ4n) is 3.41. The molecule has 1 aliphatic heterocycles. The zero-order valence-corrected chi connectivity index (χ0v) is 15.7. The van der Waals surface area contributed by atoms with Gasteiger partial charge in [-0.1, -0.05) is 13.0 Å². The maximum absolute atomic E-state index is 6.02. The van der Waals surface area contributed by atoms with E-state index in [9.17, 15) is 0 Å². The third-order valence-corrected chi connectivity index (χ3v) is 4.71. The molecule has 0 radical (unpaired) electrons. The van der Waals surface area contributed by atoms with Crippen molar-refractivity contribution < 1.29 is 0 Å². The Morgan fingerprint density at radius 1 is 1.36 bits per heavy atom. The van der Waals surface area contributed by atoms with Gasteiger partial charge in [0.1, 0.15) is 0 Å². The van der Waals surface area contributed by atoms with Crippen molar-refractivity contribution in [2.24, 2.45) is 16.6 Å². The standard InChI is InChI=1S/C17H26N4.HI/c1-2-21-9-8-13(12-21)11-19-17(18)20-16-7-6-14-4-3-5-15(14)10-16;/h6-7,10,13H,2-5,8-9,11-12H2,1H3,(H3,18,19,20);1H. The summed E-state index contributed by atoms with van der Waals surface area (Å²) in [5.41, 5.74) is 10.0. The number of aliphatic imine (C=N–C) groups is 1. The van der Waals surface area contributed by atoms with Crippen LogP contribution in [0.15, 0.2) is 23.2 Å². The lowest BCUT2D eigenvalue weighted by Crippen LogP contribution is -2.25. The zero-order valence-electron chi connectivity index (χ0n) is 13.3. The van der Waals surface area contributed by atoms with Crippen LogP contribution in [-0.2, 0) is 12.8 Å². The van der Waals surface area contributed by atoms with Gasteiger partial charge in [0.25, 0.3) is 0 Å². The van der Waals surface area contributed by atoms with Gasteiger partial charge >= 0.3 is 0 Å². The SMILES string of the molecule is CCN1CCC(CN=C(N)Nc2ccc3c(c2)CCC3)C1.I. The normalized spacial score (nSPS) is 21.5. The smallest absolute Gasteiger partial charge is 0.193 e. The van der Waals surface area contributed by atoms with Gasteiger partial charge < -0.3 is 16.0 Å². The van der Waals surface area contributed by atoms with E-state index in [2.05, 4.69) is 40.3 Å². The highest BCUT2D eigenvalue weighted by Gasteiger charge is 2.20. The fourth-order valence-corrected chi connectivity index (χ4v) is 3.41. The first-order valence-electron chi connectivity index (χ1n) is 8.15. The molecule has 2 aliphatic rings. The molecule has 1 heterocycles. The highest BCUT2D eigenvalue weighted by Crippen LogP contribution is 2.24. The Bertz CT molecular complexity index is 529. The molecule has 122 valence electrons. The molecule has 1 saturated heterocycles. The van der Waals surface area contributed by atoms with E-state index in [1.165, 1.54) is 43.4 Å². The van der Waals surface area contributed by atoms with E-state index < -0.39 is 0 Å². The first-order valence-corrected chi connectivity index (χ1v) is 8.15. The second kappa shape index (κ2) is 8.15. The van der Waals surface area contributed by atoms with Gasteiger partial charge in [0.15, 0.2) is 5.96 Å². The predicted octanol–water partition coefficient (Wildman–Crippen LogP) is 2.86. The molecule has 0 saturated carbocycles. The number of guanidine groups is 1. The van der Waals surface area contributed by atoms with Crippen LogP contribution in [0.25, 0.3) is 0 Å². The van der Waals surface area contributed by atoms with E-state index in [1.54, 1.807) is 0 Å². The first-order chi connectivity index (χ1) is 10.2. The van der Waals surface area contributed by atoms with Gasteiger partial charge in [-0.2, -0.15) is 0 Å². The number of nitrogens with zero attached hydrogens (tertiary/aromatic N) is 2. The zero-order chi connectivity index (χ0) is 14.7. The number of nitrogens with two attached hydrogens (primary N) is 1. The lowest BCUT2D eigenvalue weighted by molar-refractivity contribution is 0.344. The molecule has 1 aromatic rings.